The van der Waals surface area contributed by atoms with E-state index in [9.17, 15) is 53.1 Å². The van der Waals surface area contributed by atoms with Crippen LogP contribution in [0.4, 0.5) is 0 Å². The summed E-state index contributed by atoms with van der Waals surface area (Å²) >= 11 is 0. The number of carboxylic acids is 1. The fraction of sp³-hybridized carbons (Fsp3) is 0.590. The number of amides is 9. The van der Waals surface area contributed by atoms with Gasteiger partial charge in [-0.05, 0) is 50.5 Å². The Morgan fingerprint density at radius 2 is 1.35 bits per heavy atom. The van der Waals surface area contributed by atoms with Crippen molar-refractivity contribution >= 4 is 59.1 Å². The topological polar surface area (TPSA) is 336 Å². The Morgan fingerprint density at radius 3 is 1.90 bits per heavy atom. The highest BCUT2D eigenvalue weighted by atomic mass is 16.4. The summed E-state index contributed by atoms with van der Waals surface area (Å²) in [6, 6.07) is 0.463. The van der Waals surface area contributed by atoms with Crippen LogP contribution < -0.4 is 43.8 Å². The molecule has 12 N–H and O–H groups in total. The molecule has 21 nitrogen and oxygen atoms in total. The second-order valence-electron chi connectivity index (χ2n) is 15.2. The molecule has 2 aliphatic rings. The third-order valence-electron chi connectivity index (χ3n) is 10.6. The maximum Gasteiger partial charge on any atom is 0.325 e. The van der Waals surface area contributed by atoms with Crippen molar-refractivity contribution in [1.29, 1.82) is 0 Å². The molecule has 0 radical (unpaired) electrons. The molecular formula is C39H58N10O11. The number of nitrogens with one attached hydrogen (secondary N) is 5. The highest BCUT2D eigenvalue weighted by Gasteiger charge is 2.41. The van der Waals surface area contributed by atoms with Gasteiger partial charge in [0.1, 0.15) is 36.3 Å². The van der Waals surface area contributed by atoms with E-state index in [4.69, 9.17) is 17.2 Å². The van der Waals surface area contributed by atoms with Gasteiger partial charge in [-0.3, -0.25) is 47.9 Å². The zero-order valence-corrected chi connectivity index (χ0v) is 34.1. The fourth-order valence-electron chi connectivity index (χ4n) is 7.03. The largest absolute Gasteiger partial charge is 0.480 e. The van der Waals surface area contributed by atoms with Crippen molar-refractivity contribution in [3.63, 3.8) is 0 Å². The number of carbonyl (C=O) groups excluding carboxylic acids is 9. The average Bonchev–Trinajstić information content (AvgIpc) is 3.91. The van der Waals surface area contributed by atoms with E-state index < -0.39 is 120 Å². The van der Waals surface area contributed by atoms with Crippen molar-refractivity contribution in [1.82, 2.24) is 36.4 Å². The van der Waals surface area contributed by atoms with Crippen LogP contribution in [0.2, 0.25) is 0 Å². The molecule has 330 valence electrons. The van der Waals surface area contributed by atoms with Crippen LogP contribution in [0.5, 0.6) is 0 Å². The molecule has 3 rings (SSSR count). The number of carbonyl (C=O) groups is 10. The third kappa shape index (κ3) is 14.0. The Balaban J connectivity index is 1.73. The van der Waals surface area contributed by atoms with Gasteiger partial charge >= 0.3 is 5.97 Å². The number of nitrogens with two attached hydrogens (primary N) is 3. The van der Waals surface area contributed by atoms with Gasteiger partial charge in [-0.2, -0.15) is 0 Å². The van der Waals surface area contributed by atoms with E-state index >= 15 is 0 Å². The summed E-state index contributed by atoms with van der Waals surface area (Å²) in [6.45, 7) is 4.48. The van der Waals surface area contributed by atoms with E-state index in [2.05, 4.69) is 26.6 Å². The van der Waals surface area contributed by atoms with Gasteiger partial charge in [-0.1, -0.05) is 50.6 Å². The Labute approximate surface area is 347 Å². The number of likely N-dealkylation sites (tertiary alicyclic amines) is 2. The molecule has 60 heavy (non-hydrogen) atoms. The molecule has 0 saturated carbocycles. The molecule has 9 amide bonds. The summed E-state index contributed by atoms with van der Waals surface area (Å²) in [5.41, 5.74) is 17.1. The molecule has 0 spiro atoms. The van der Waals surface area contributed by atoms with Crippen molar-refractivity contribution < 1.29 is 53.1 Å². The Morgan fingerprint density at radius 1 is 0.767 bits per heavy atom. The molecule has 2 aliphatic heterocycles. The lowest BCUT2D eigenvalue weighted by atomic mass is 9.96. The fourth-order valence-corrected chi connectivity index (χ4v) is 7.03. The summed E-state index contributed by atoms with van der Waals surface area (Å²) in [5, 5.41) is 21.9. The number of hydrogen-bond acceptors (Lipinski definition) is 11. The van der Waals surface area contributed by atoms with Gasteiger partial charge in [0.2, 0.25) is 53.2 Å². The number of carboxylic acid groups (broad SMARTS) is 1. The number of aliphatic carboxylic acids is 1. The van der Waals surface area contributed by atoms with E-state index in [1.807, 2.05) is 0 Å². The molecule has 8 atom stereocenters. The first-order valence-corrected chi connectivity index (χ1v) is 20.0. The minimum Gasteiger partial charge on any atom is -0.480 e. The van der Waals surface area contributed by atoms with Crippen molar-refractivity contribution in [2.24, 2.45) is 23.1 Å². The number of benzene rings is 1. The molecule has 0 aromatic heterocycles. The number of rotatable bonds is 22. The van der Waals surface area contributed by atoms with Crippen LogP contribution in [0.1, 0.15) is 77.7 Å². The highest BCUT2D eigenvalue weighted by Crippen LogP contribution is 2.22. The van der Waals surface area contributed by atoms with E-state index in [0.717, 1.165) is 0 Å². The van der Waals surface area contributed by atoms with Gasteiger partial charge < -0.3 is 58.7 Å². The van der Waals surface area contributed by atoms with Crippen LogP contribution in [0.25, 0.3) is 0 Å². The van der Waals surface area contributed by atoms with Crippen LogP contribution >= 0.6 is 0 Å². The summed E-state index contributed by atoms with van der Waals surface area (Å²) in [5.74, 6) is -8.28. The van der Waals surface area contributed by atoms with Crippen LogP contribution in [-0.2, 0) is 54.4 Å². The zero-order valence-electron chi connectivity index (χ0n) is 34.1. The smallest absolute Gasteiger partial charge is 0.325 e. The van der Waals surface area contributed by atoms with Crippen molar-refractivity contribution in [3.8, 4) is 0 Å². The van der Waals surface area contributed by atoms with Crippen LogP contribution in [-0.4, -0.2) is 136 Å². The second-order valence-corrected chi connectivity index (χ2v) is 15.2. The predicted molar refractivity (Wildman–Crippen MR) is 213 cm³/mol. The first kappa shape index (κ1) is 48.3. The maximum atomic E-state index is 13.9. The summed E-state index contributed by atoms with van der Waals surface area (Å²) in [6.07, 6.45) is 0.855. The normalized spacial score (nSPS) is 19.1. The standard InChI is InChI=1S/C39H58N10O11/c1-4-21(2)32(38(58)49-17-9-12-27(49)35(55)44-22(3)39(59)60)47-34(54)25(14-15-29(41)50)45-31(52)20-43-33(53)26(18-23-10-6-5-7-11-23)46-36(56)28-13-8-16-48(28)37(57)24(40)19-30(42)51/h5-7,10-11,21-22,24-28,32H,4,8-9,12-20,40H2,1-3H3,(H2,41,50)(H2,42,51)(H,43,53)(H,44,55)(H,45,52)(H,46,56)(H,47,54)(H,59,60)/t21-,22-,24-,25-,26-,27-,28-,32-/m0/s1. The molecule has 2 heterocycles. The van der Waals surface area contributed by atoms with E-state index in [1.54, 1.807) is 44.2 Å². The van der Waals surface area contributed by atoms with E-state index in [0.29, 0.717) is 24.8 Å². The molecular weight excluding hydrogens is 784 g/mol. The van der Waals surface area contributed by atoms with Crippen LogP contribution in [0, 0.1) is 5.92 Å². The van der Waals surface area contributed by atoms with Gasteiger partial charge in [0.25, 0.3) is 0 Å². The summed E-state index contributed by atoms with van der Waals surface area (Å²) < 4.78 is 0. The van der Waals surface area contributed by atoms with Gasteiger partial charge in [0, 0.05) is 25.9 Å². The molecule has 0 unspecified atom stereocenters. The van der Waals surface area contributed by atoms with Crippen LogP contribution in [0.15, 0.2) is 30.3 Å². The number of hydrogen-bond donors (Lipinski definition) is 9. The molecule has 1 aromatic rings. The minimum atomic E-state index is -1.40. The van der Waals surface area contributed by atoms with Crippen LogP contribution in [0.3, 0.4) is 0 Å². The van der Waals surface area contributed by atoms with Gasteiger partial charge in [-0.25, -0.2) is 0 Å². The lowest BCUT2D eigenvalue weighted by Gasteiger charge is -2.32. The van der Waals surface area contributed by atoms with Crippen molar-refractivity contribution in [2.45, 2.75) is 121 Å². The molecule has 0 aliphatic carbocycles. The lowest BCUT2D eigenvalue weighted by molar-refractivity contribution is -0.145. The maximum absolute atomic E-state index is 13.9. The zero-order chi connectivity index (χ0) is 44.7. The third-order valence-corrected chi connectivity index (χ3v) is 10.6. The lowest BCUT2D eigenvalue weighted by Crippen LogP contribution is -2.59. The molecule has 2 fully saturated rings. The SMILES string of the molecule is CC[C@H](C)[C@H](NC(=O)[C@H](CCC(N)=O)NC(=O)CNC(=O)[C@H](Cc1ccccc1)NC(=O)[C@@H]1CCCN1C(=O)[C@@H](N)CC(N)=O)C(=O)N1CCC[C@H]1C(=O)N[C@@H](C)C(=O)O. The number of nitrogens with zero attached hydrogens (tertiary/aromatic N) is 2. The van der Waals surface area contributed by atoms with Crippen molar-refractivity contribution in [3.05, 3.63) is 35.9 Å². The Bertz CT molecular complexity index is 1760. The van der Waals surface area contributed by atoms with Gasteiger partial charge in [-0.15, -0.1) is 0 Å². The summed E-state index contributed by atoms with van der Waals surface area (Å²) in [4.78, 5) is 131. The average molecular weight is 843 g/mol. The first-order chi connectivity index (χ1) is 28.3. The van der Waals surface area contributed by atoms with Gasteiger partial charge in [0.05, 0.1) is 19.0 Å². The minimum absolute atomic E-state index is 0.00528. The Kier molecular flexibility index (Phi) is 18.4. The molecule has 21 heteroatoms. The highest BCUT2D eigenvalue weighted by molar-refractivity contribution is 5.97. The number of primary amides is 2. The van der Waals surface area contributed by atoms with E-state index in [1.165, 1.54) is 16.7 Å². The monoisotopic (exact) mass is 842 g/mol. The van der Waals surface area contributed by atoms with Gasteiger partial charge in [0.15, 0.2) is 0 Å². The Hall–Kier alpha value is -6.12. The molecule has 1 aromatic carbocycles. The molecule has 0 bridgehead atoms. The summed E-state index contributed by atoms with van der Waals surface area (Å²) in [7, 11) is 0. The second kappa shape index (κ2) is 22.9. The first-order valence-electron chi connectivity index (χ1n) is 20.0. The molecule has 2 saturated heterocycles. The predicted octanol–water partition coefficient (Wildman–Crippen LogP) is -3.11. The van der Waals surface area contributed by atoms with Crippen molar-refractivity contribution in [2.75, 3.05) is 19.6 Å². The quantitative estimate of drug-likeness (QED) is 0.0560. The van der Waals surface area contributed by atoms with E-state index in [-0.39, 0.29) is 45.2 Å².